The highest BCUT2D eigenvalue weighted by Crippen LogP contribution is 2.38. The first kappa shape index (κ1) is 15.5. The SMILES string of the molecule is Cc1nc(N2CCOc3c(O)cc(-c4ccccc4C)cc3C2)no1. The molecule has 6 heteroatoms. The van der Waals surface area contributed by atoms with Gasteiger partial charge in [0, 0.05) is 19.0 Å². The van der Waals surface area contributed by atoms with Crippen molar-refractivity contribution in [3.8, 4) is 22.6 Å². The van der Waals surface area contributed by atoms with Crippen LogP contribution in [0.2, 0.25) is 0 Å². The second-order valence-electron chi connectivity index (χ2n) is 6.18. The summed E-state index contributed by atoms with van der Waals surface area (Å²) in [7, 11) is 0. The van der Waals surface area contributed by atoms with E-state index in [1.807, 2.05) is 23.1 Å². The summed E-state index contributed by atoms with van der Waals surface area (Å²) in [5.41, 5.74) is 4.11. The van der Waals surface area contributed by atoms with Crippen molar-refractivity contribution < 1.29 is 14.4 Å². The maximum Gasteiger partial charge on any atom is 0.266 e. The predicted molar refractivity (Wildman–Crippen MR) is 93.9 cm³/mol. The van der Waals surface area contributed by atoms with Crippen molar-refractivity contribution in [2.45, 2.75) is 20.4 Å². The molecule has 0 amide bonds. The first-order chi connectivity index (χ1) is 12.1. The third-order valence-electron chi connectivity index (χ3n) is 4.37. The number of aryl methyl sites for hydroxylation is 2. The molecule has 0 saturated carbocycles. The summed E-state index contributed by atoms with van der Waals surface area (Å²) >= 11 is 0. The maximum atomic E-state index is 10.5. The number of hydrogen-bond donors (Lipinski definition) is 1. The van der Waals surface area contributed by atoms with E-state index in [9.17, 15) is 5.11 Å². The van der Waals surface area contributed by atoms with E-state index in [-0.39, 0.29) is 5.75 Å². The first-order valence-corrected chi connectivity index (χ1v) is 8.22. The number of phenolic OH excluding ortho intramolecular Hbond substituents is 1. The van der Waals surface area contributed by atoms with Crippen LogP contribution < -0.4 is 9.64 Å². The van der Waals surface area contributed by atoms with Gasteiger partial charge in [0.2, 0.25) is 5.89 Å². The Morgan fingerprint density at radius 1 is 1.16 bits per heavy atom. The molecule has 4 rings (SSSR count). The van der Waals surface area contributed by atoms with Crippen molar-refractivity contribution in [3.05, 3.63) is 53.4 Å². The van der Waals surface area contributed by atoms with E-state index in [0.29, 0.717) is 37.3 Å². The molecular formula is C19H19N3O3. The molecule has 2 aromatic carbocycles. The minimum atomic E-state index is 0.155. The van der Waals surface area contributed by atoms with Crippen LogP contribution in [0.3, 0.4) is 0 Å². The number of fused-ring (bicyclic) bond motifs is 1. The highest BCUT2D eigenvalue weighted by molar-refractivity contribution is 5.72. The van der Waals surface area contributed by atoms with Crippen molar-refractivity contribution in [3.63, 3.8) is 0 Å². The standard InChI is InChI=1S/C19H19N3O3/c1-12-5-3-4-6-16(12)14-9-15-11-22(19-20-13(2)25-21-19)7-8-24-18(15)17(23)10-14/h3-6,9-10,23H,7-8,11H2,1-2H3. The molecule has 1 aliphatic heterocycles. The van der Waals surface area contributed by atoms with Gasteiger partial charge < -0.3 is 19.3 Å². The molecule has 0 unspecified atom stereocenters. The first-order valence-electron chi connectivity index (χ1n) is 8.22. The van der Waals surface area contributed by atoms with Crippen LogP contribution >= 0.6 is 0 Å². The summed E-state index contributed by atoms with van der Waals surface area (Å²) in [4.78, 5) is 6.29. The fourth-order valence-electron chi connectivity index (χ4n) is 3.14. The highest BCUT2D eigenvalue weighted by atomic mass is 16.5. The van der Waals surface area contributed by atoms with Gasteiger partial charge in [-0.3, -0.25) is 0 Å². The van der Waals surface area contributed by atoms with Gasteiger partial charge in [-0.2, -0.15) is 4.98 Å². The Hall–Kier alpha value is -3.02. The number of benzene rings is 2. The van der Waals surface area contributed by atoms with E-state index in [2.05, 4.69) is 29.2 Å². The van der Waals surface area contributed by atoms with Crippen LogP contribution in [-0.2, 0) is 6.54 Å². The molecule has 1 aromatic heterocycles. The van der Waals surface area contributed by atoms with Gasteiger partial charge in [0.15, 0.2) is 11.5 Å². The average Bonchev–Trinajstić information content (AvgIpc) is 2.90. The van der Waals surface area contributed by atoms with Crippen LogP contribution in [0.4, 0.5) is 5.95 Å². The van der Waals surface area contributed by atoms with Crippen LogP contribution in [0.1, 0.15) is 17.0 Å². The molecular weight excluding hydrogens is 318 g/mol. The number of aromatic hydroxyl groups is 1. The van der Waals surface area contributed by atoms with Gasteiger partial charge in [-0.25, -0.2) is 0 Å². The van der Waals surface area contributed by atoms with Crippen LogP contribution in [0.5, 0.6) is 11.5 Å². The lowest BCUT2D eigenvalue weighted by Crippen LogP contribution is -2.26. The van der Waals surface area contributed by atoms with E-state index in [4.69, 9.17) is 9.26 Å². The zero-order valence-electron chi connectivity index (χ0n) is 14.2. The smallest absolute Gasteiger partial charge is 0.266 e. The highest BCUT2D eigenvalue weighted by Gasteiger charge is 2.22. The van der Waals surface area contributed by atoms with E-state index in [1.165, 1.54) is 0 Å². The topological polar surface area (TPSA) is 71.6 Å². The number of phenols is 1. The second-order valence-corrected chi connectivity index (χ2v) is 6.18. The van der Waals surface area contributed by atoms with Crippen molar-refractivity contribution in [2.75, 3.05) is 18.1 Å². The predicted octanol–water partition coefficient (Wildman–Crippen LogP) is 3.46. The monoisotopic (exact) mass is 337 g/mol. The van der Waals surface area contributed by atoms with Crippen molar-refractivity contribution in [1.29, 1.82) is 0 Å². The largest absolute Gasteiger partial charge is 0.504 e. The molecule has 0 radical (unpaired) electrons. The molecule has 0 fully saturated rings. The van der Waals surface area contributed by atoms with Gasteiger partial charge in [0.05, 0.1) is 6.54 Å². The van der Waals surface area contributed by atoms with Crippen molar-refractivity contribution in [2.24, 2.45) is 0 Å². The normalized spacial score (nSPS) is 13.9. The molecule has 128 valence electrons. The van der Waals surface area contributed by atoms with Gasteiger partial charge in [0.25, 0.3) is 5.95 Å². The fourth-order valence-corrected chi connectivity index (χ4v) is 3.14. The van der Waals surface area contributed by atoms with E-state index in [1.54, 1.807) is 13.0 Å². The minimum Gasteiger partial charge on any atom is -0.504 e. The Labute approximate surface area is 145 Å². The minimum absolute atomic E-state index is 0.155. The number of hydrogen-bond acceptors (Lipinski definition) is 6. The summed E-state index contributed by atoms with van der Waals surface area (Å²) in [5, 5.41) is 14.5. The maximum absolute atomic E-state index is 10.5. The summed E-state index contributed by atoms with van der Waals surface area (Å²) in [6, 6.07) is 11.9. The van der Waals surface area contributed by atoms with E-state index >= 15 is 0 Å². The van der Waals surface area contributed by atoms with E-state index < -0.39 is 0 Å². The lowest BCUT2D eigenvalue weighted by atomic mass is 9.98. The molecule has 2 heterocycles. The Balaban J connectivity index is 1.76. The summed E-state index contributed by atoms with van der Waals surface area (Å²) in [6.07, 6.45) is 0. The zero-order valence-corrected chi connectivity index (χ0v) is 14.2. The van der Waals surface area contributed by atoms with Gasteiger partial charge in [0.1, 0.15) is 6.61 Å². The molecule has 6 nitrogen and oxygen atoms in total. The molecule has 0 atom stereocenters. The van der Waals surface area contributed by atoms with Gasteiger partial charge in [-0.15, -0.1) is 0 Å². The van der Waals surface area contributed by atoms with Crippen LogP contribution in [0.25, 0.3) is 11.1 Å². The molecule has 3 aromatic rings. The Morgan fingerprint density at radius 2 is 2.00 bits per heavy atom. The summed E-state index contributed by atoms with van der Waals surface area (Å²) in [5.74, 6) is 1.74. The Morgan fingerprint density at radius 3 is 2.76 bits per heavy atom. The van der Waals surface area contributed by atoms with E-state index in [0.717, 1.165) is 22.3 Å². The summed E-state index contributed by atoms with van der Waals surface area (Å²) in [6.45, 7) is 5.43. The molecule has 0 aliphatic carbocycles. The quantitative estimate of drug-likeness (QED) is 0.772. The number of aromatic nitrogens is 2. The lowest BCUT2D eigenvalue weighted by Gasteiger charge is -2.17. The van der Waals surface area contributed by atoms with Gasteiger partial charge in [-0.1, -0.05) is 24.3 Å². The van der Waals surface area contributed by atoms with Gasteiger partial charge >= 0.3 is 0 Å². The molecule has 0 saturated heterocycles. The summed E-state index contributed by atoms with van der Waals surface area (Å²) < 4.78 is 10.9. The third kappa shape index (κ3) is 2.91. The number of ether oxygens (including phenoxy) is 1. The number of anilines is 1. The molecule has 1 aliphatic rings. The zero-order chi connectivity index (χ0) is 17.4. The van der Waals surface area contributed by atoms with Crippen molar-refractivity contribution in [1.82, 2.24) is 10.1 Å². The van der Waals surface area contributed by atoms with Gasteiger partial charge in [-0.05, 0) is 40.9 Å². The number of nitrogens with zero attached hydrogens (tertiary/aromatic N) is 3. The Bertz CT molecular complexity index is 920. The average molecular weight is 337 g/mol. The van der Waals surface area contributed by atoms with Crippen LogP contribution in [0.15, 0.2) is 40.9 Å². The fraction of sp³-hybridized carbons (Fsp3) is 0.263. The van der Waals surface area contributed by atoms with Crippen LogP contribution in [0, 0.1) is 13.8 Å². The molecule has 0 spiro atoms. The Kier molecular flexibility index (Phi) is 3.80. The molecule has 0 bridgehead atoms. The molecule has 1 N–H and O–H groups in total. The van der Waals surface area contributed by atoms with Crippen LogP contribution in [-0.4, -0.2) is 28.4 Å². The third-order valence-corrected chi connectivity index (χ3v) is 4.37. The molecule has 25 heavy (non-hydrogen) atoms. The lowest BCUT2D eigenvalue weighted by molar-refractivity contribution is 0.311. The van der Waals surface area contributed by atoms with Crippen molar-refractivity contribution >= 4 is 5.95 Å². The second kappa shape index (κ2) is 6.12. The number of rotatable bonds is 2.